The van der Waals surface area contributed by atoms with Crippen LogP contribution in [0, 0.1) is 27.2 Å². The summed E-state index contributed by atoms with van der Waals surface area (Å²) in [5.74, 6) is 0. The second-order valence-corrected chi connectivity index (χ2v) is 25.5. The quantitative estimate of drug-likeness (QED) is 0.0280. The fourth-order valence-corrected chi connectivity index (χ4v) is 9.26. The molecule has 7 heterocycles. The summed E-state index contributed by atoms with van der Waals surface area (Å²) in [6.07, 6.45) is 24.3. The molecule has 0 N–H and O–H groups in total. The molecule has 14 aromatic rings. The zero-order chi connectivity index (χ0) is 84.3. The number of rotatable bonds is 21. The Kier molecular flexibility index (Phi) is 37.7. The standard InChI is InChI=1S/C20H19N5.C18H13N5O2.C14H15N3.C13H12N2.C12H9N3O2.C9H12N2.C7H8N2/c1-25(2)20-12-10-18(11-13-20)24-23-17-8-6-16(7-9-17)22-15-19-5-3-4-14-21-19;24-23(25)18-10-8-16(9-11-18)22-21-15-6-4-14(5-7-15)20-13-17-3-1-2-12-19-17;1-17(2)14-8-6-12(7-9-14)16-11-13-5-3-4-10-15-13;1-11-5-7-12(8-6-11)15-10-13-4-2-3-9-14-13;16-15(17)12-6-4-10(5-7-12)14-9-11-3-1-2-8-13-11;1-8(2)11-7-9-5-3-4-6-10-9;1-8-6-7-4-2-3-5-9-7/h3-15H,1-2H3;1-13H;3-11H,1-2H3;2-10H,1H3;1-9H;3-8H,1-2H3;2-6H,1H3. The molecule has 0 bridgehead atoms. The van der Waals surface area contributed by atoms with Crippen LogP contribution >= 0.6 is 0 Å². The van der Waals surface area contributed by atoms with Gasteiger partial charge < -0.3 is 9.80 Å². The molecular formula is C93H88N22O4. The van der Waals surface area contributed by atoms with Gasteiger partial charge in [-0.05, 0) is 239 Å². The smallest absolute Gasteiger partial charge is 0.269 e. The Morgan fingerprint density at radius 1 is 0.286 bits per heavy atom. The number of nitro benzene ring substituents is 2. The van der Waals surface area contributed by atoms with Crippen molar-refractivity contribution in [3.8, 4) is 0 Å². The van der Waals surface area contributed by atoms with Gasteiger partial charge in [0.05, 0.1) is 132 Å². The van der Waals surface area contributed by atoms with E-state index in [4.69, 9.17) is 0 Å². The van der Waals surface area contributed by atoms with Crippen molar-refractivity contribution in [2.24, 2.45) is 55.4 Å². The van der Waals surface area contributed by atoms with E-state index in [1.165, 1.54) is 35.5 Å². The molecule has 0 fully saturated rings. The van der Waals surface area contributed by atoms with Crippen LogP contribution in [0.15, 0.2) is 396 Å². The summed E-state index contributed by atoms with van der Waals surface area (Å²) < 4.78 is 0. The average molecular weight is 1580 g/mol. The second-order valence-electron chi connectivity index (χ2n) is 25.5. The fourth-order valence-electron chi connectivity index (χ4n) is 9.26. The SMILES string of the molecule is CC(C)N=Cc1ccccn1.CN(C)c1ccc(N=Cc2ccccn2)cc1.CN(C)c1ccc(N=Nc2ccc(N=Cc3ccccn3)cc2)cc1.CN=Cc1ccccn1.Cc1ccc(N=Cc2ccccn2)cc1.O=[N+]([O-])c1ccc(N=Cc2ccccn2)cc1.O=[N+]([O-])c1ccc(N=Nc2ccc(N=Cc3ccccn3)cc2)cc1. The van der Waals surface area contributed by atoms with Crippen LogP contribution in [-0.2, 0) is 0 Å². The summed E-state index contributed by atoms with van der Waals surface area (Å²) >= 11 is 0. The van der Waals surface area contributed by atoms with Crippen LogP contribution in [0.4, 0.5) is 73.9 Å². The van der Waals surface area contributed by atoms with Crippen molar-refractivity contribution in [1.82, 2.24) is 34.9 Å². The molecule has 7 aromatic heterocycles. The first-order valence-corrected chi connectivity index (χ1v) is 37.2. The molecular weight excluding hydrogens is 1490 g/mol. The number of non-ortho nitro benzene ring substituents is 2. The maximum atomic E-state index is 10.6. The van der Waals surface area contributed by atoms with Gasteiger partial charge in [0.2, 0.25) is 0 Å². The zero-order valence-corrected chi connectivity index (χ0v) is 66.9. The van der Waals surface area contributed by atoms with E-state index in [1.807, 2.05) is 284 Å². The number of azo groups is 2. The maximum absolute atomic E-state index is 10.6. The van der Waals surface area contributed by atoms with E-state index < -0.39 is 9.85 Å². The van der Waals surface area contributed by atoms with Gasteiger partial charge in [0.25, 0.3) is 11.4 Å². The van der Waals surface area contributed by atoms with Crippen molar-refractivity contribution in [3.05, 3.63) is 406 Å². The van der Waals surface area contributed by atoms with Gasteiger partial charge in [-0.3, -0.25) is 90.1 Å². The highest BCUT2D eigenvalue weighted by molar-refractivity contribution is 5.83. The number of aromatic nitrogens is 7. The molecule has 7 aromatic carbocycles. The Balaban J connectivity index is 0.000000177. The lowest BCUT2D eigenvalue weighted by molar-refractivity contribution is -0.385. The van der Waals surface area contributed by atoms with Crippen molar-refractivity contribution < 1.29 is 9.85 Å². The van der Waals surface area contributed by atoms with Crippen molar-refractivity contribution in [3.63, 3.8) is 0 Å². The number of nitro groups is 2. The molecule has 0 aliphatic carbocycles. The Hall–Kier alpha value is -16.1. The number of hydrogen-bond donors (Lipinski definition) is 0. The van der Waals surface area contributed by atoms with Gasteiger partial charge in [0.1, 0.15) is 0 Å². The first-order valence-electron chi connectivity index (χ1n) is 37.2. The molecule has 119 heavy (non-hydrogen) atoms. The van der Waals surface area contributed by atoms with Crippen LogP contribution in [0.2, 0.25) is 0 Å². The van der Waals surface area contributed by atoms with Crippen molar-refractivity contribution in [1.29, 1.82) is 0 Å². The number of anilines is 2. The molecule has 0 amide bonds. The van der Waals surface area contributed by atoms with E-state index in [0.29, 0.717) is 23.1 Å². The minimum atomic E-state index is -0.453. The summed E-state index contributed by atoms with van der Waals surface area (Å²) in [4.78, 5) is 82.8. The van der Waals surface area contributed by atoms with Crippen LogP contribution in [-0.4, -0.2) is 130 Å². The maximum Gasteiger partial charge on any atom is 0.269 e. The zero-order valence-electron chi connectivity index (χ0n) is 66.9. The molecule has 0 spiro atoms. The molecule has 14 rings (SSSR count). The summed E-state index contributed by atoms with van der Waals surface area (Å²) in [5.41, 5.74) is 16.5. The van der Waals surface area contributed by atoms with Gasteiger partial charge in [-0.2, -0.15) is 20.5 Å². The summed E-state index contributed by atoms with van der Waals surface area (Å²) in [5, 5.41) is 37.7. The van der Waals surface area contributed by atoms with Gasteiger partial charge in [-0.1, -0.05) is 60.2 Å². The largest absolute Gasteiger partial charge is 0.378 e. The van der Waals surface area contributed by atoms with Gasteiger partial charge in [-0.25, -0.2) is 0 Å². The Morgan fingerprint density at radius 3 is 0.723 bits per heavy atom. The minimum absolute atomic E-state index is 0.0223. The van der Waals surface area contributed by atoms with Crippen molar-refractivity contribution in [2.45, 2.75) is 26.8 Å². The lowest BCUT2D eigenvalue weighted by Gasteiger charge is -2.11. The van der Waals surface area contributed by atoms with Gasteiger partial charge >= 0.3 is 0 Å². The van der Waals surface area contributed by atoms with Gasteiger partial charge in [0, 0.05) is 133 Å². The lowest BCUT2D eigenvalue weighted by atomic mass is 10.2. The van der Waals surface area contributed by atoms with E-state index in [2.05, 4.69) is 102 Å². The summed E-state index contributed by atoms with van der Waals surface area (Å²) in [6.45, 7) is 6.14. The monoisotopic (exact) mass is 1580 g/mol. The van der Waals surface area contributed by atoms with Gasteiger partial charge in [-0.15, -0.1) is 0 Å². The third-order valence-electron chi connectivity index (χ3n) is 15.5. The normalized spacial score (nSPS) is 10.9. The van der Waals surface area contributed by atoms with E-state index in [-0.39, 0.29) is 11.4 Å². The molecule has 26 heteroatoms. The highest BCUT2D eigenvalue weighted by atomic mass is 16.6. The summed E-state index contributed by atoms with van der Waals surface area (Å²) in [6, 6.07) is 91.1. The molecule has 0 aliphatic rings. The number of nitrogens with zero attached hydrogens (tertiary/aromatic N) is 22. The highest BCUT2D eigenvalue weighted by Gasteiger charge is 2.06. The van der Waals surface area contributed by atoms with Crippen LogP contribution in [0.5, 0.6) is 0 Å². The summed E-state index contributed by atoms with van der Waals surface area (Å²) in [7, 11) is 9.79. The van der Waals surface area contributed by atoms with Crippen molar-refractivity contribution in [2.75, 3.05) is 45.0 Å². The Bertz CT molecular complexity index is 5530. The molecule has 0 atom stereocenters. The molecule has 0 radical (unpaired) electrons. The van der Waals surface area contributed by atoms with Crippen LogP contribution in [0.1, 0.15) is 59.3 Å². The number of pyridine rings is 7. The molecule has 0 aliphatic heterocycles. The number of hydrogen-bond acceptors (Lipinski definition) is 24. The molecule has 0 saturated heterocycles. The highest BCUT2D eigenvalue weighted by Crippen LogP contribution is 2.26. The topological polar surface area (TPSA) is 319 Å². The van der Waals surface area contributed by atoms with Gasteiger partial charge in [0.15, 0.2) is 0 Å². The predicted octanol–water partition coefficient (Wildman–Crippen LogP) is 22.3. The first-order chi connectivity index (χ1) is 58.0. The van der Waals surface area contributed by atoms with Crippen LogP contribution in [0.25, 0.3) is 0 Å². The number of aryl methyl sites for hydroxylation is 1. The molecule has 26 nitrogen and oxygen atoms in total. The lowest BCUT2D eigenvalue weighted by Crippen LogP contribution is -2.07. The van der Waals surface area contributed by atoms with E-state index in [9.17, 15) is 20.2 Å². The Morgan fingerprint density at radius 2 is 0.496 bits per heavy atom. The van der Waals surface area contributed by atoms with E-state index in [1.54, 1.807) is 130 Å². The fraction of sp³-hybridized carbons (Fsp3) is 0.0968. The third kappa shape index (κ3) is 35.6. The molecule has 0 saturated carbocycles. The third-order valence-corrected chi connectivity index (χ3v) is 15.5. The van der Waals surface area contributed by atoms with Crippen LogP contribution < -0.4 is 9.80 Å². The first kappa shape index (κ1) is 88.4. The number of benzene rings is 7. The Labute approximate surface area is 692 Å². The predicted molar refractivity (Wildman–Crippen MR) is 482 cm³/mol. The van der Waals surface area contributed by atoms with Crippen molar-refractivity contribution >= 4 is 117 Å². The average Bonchev–Trinajstić information content (AvgIpc) is 0.880. The molecule has 594 valence electrons. The van der Waals surface area contributed by atoms with E-state index in [0.717, 1.165) is 79.7 Å². The second kappa shape index (κ2) is 50.8. The van der Waals surface area contributed by atoms with Crippen LogP contribution in [0.3, 0.4) is 0 Å². The van der Waals surface area contributed by atoms with E-state index >= 15 is 0 Å². The molecule has 0 unspecified atom stereocenters. The number of aliphatic imine (C=N–C) groups is 7. The minimum Gasteiger partial charge on any atom is -0.378 e.